The highest BCUT2D eigenvalue weighted by atomic mass is 35.5. The first-order valence-electron chi connectivity index (χ1n) is 8.35. The monoisotopic (exact) mass is 347 g/mol. The molecule has 5 nitrogen and oxygen atoms in total. The van der Waals surface area contributed by atoms with E-state index in [0.717, 1.165) is 35.5 Å². The fourth-order valence-electron chi connectivity index (χ4n) is 2.38. The van der Waals surface area contributed by atoms with Crippen LogP contribution in [-0.4, -0.2) is 22.1 Å². The van der Waals surface area contributed by atoms with Crippen LogP contribution >= 0.6 is 11.6 Å². The normalized spacial score (nSPS) is 11.8. The summed E-state index contributed by atoms with van der Waals surface area (Å²) in [7, 11) is 0. The highest BCUT2D eigenvalue weighted by Crippen LogP contribution is 2.11. The van der Waals surface area contributed by atoms with Crippen molar-refractivity contribution >= 4 is 17.6 Å². The zero-order valence-electron chi connectivity index (χ0n) is 14.6. The van der Waals surface area contributed by atoms with Crippen LogP contribution in [0.25, 0.3) is 0 Å². The van der Waals surface area contributed by atoms with Crippen molar-refractivity contribution in [3.05, 3.63) is 53.1 Å². The Morgan fingerprint density at radius 2 is 2.17 bits per heavy atom. The number of rotatable bonds is 7. The van der Waals surface area contributed by atoms with E-state index < -0.39 is 0 Å². The van der Waals surface area contributed by atoms with Crippen LogP contribution in [0.3, 0.4) is 0 Å². The molecule has 2 aromatic rings. The summed E-state index contributed by atoms with van der Waals surface area (Å²) in [6.45, 7) is 9.45. The molecule has 1 heterocycles. The highest BCUT2D eigenvalue weighted by Gasteiger charge is 2.06. The van der Waals surface area contributed by atoms with E-state index in [0.29, 0.717) is 19.0 Å². The number of hydrogen-bond donors (Lipinski definition) is 2. The molecule has 130 valence electrons. The average molecular weight is 348 g/mol. The smallest absolute Gasteiger partial charge is 0.191 e. The van der Waals surface area contributed by atoms with E-state index in [4.69, 9.17) is 11.6 Å². The molecule has 2 N–H and O–H groups in total. The van der Waals surface area contributed by atoms with E-state index in [1.54, 1.807) is 0 Å². The van der Waals surface area contributed by atoms with Crippen LogP contribution in [0.15, 0.2) is 41.7 Å². The van der Waals surface area contributed by atoms with E-state index >= 15 is 0 Å². The predicted octanol–water partition coefficient (Wildman–Crippen LogP) is 3.45. The Morgan fingerprint density at radius 3 is 2.88 bits per heavy atom. The number of aromatic nitrogens is 2. The molecule has 0 amide bonds. The highest BCUT2D eigenvalue weighted by molar-refractivity contribution is 6.30. The Labute approximate surface area is 149 Å². The fourth-order valence-corrected chi connectivity index (χ4v) is 2.59. The summed E-state index contributed by atoms with van der Waals surface area (Å²) in [6, 6.07) is 7.77. The molecule has 24 heavy (non-hydrogen) atoms. The Bertz CT molecular complexity index is 663. The molecule has 0 aliphatic carbocycles. The maximum Gasteiger partial charge on any atom is 0.191 e. The van der Waals surface area contributed by atoms with Crippen LogP contribution in [0.5, 0.6) is 0 Å². The molecule has 0 saturated carbocycles. The number of nitrogens with one attached hydrogen (secondary N) is 2. The van der Waals surface area contributed by atoms with Crippen LogP contribution in [0.4, 0.5) is 0 Å². The summed E-state index contributed by atoms with van der Waals surface area (Å²) in [5, 5.41) is 7.34. The van der Waals surface area contributed by atoms with E-state index in [-0.39, 0.29) is 0 Å². The first-order valence-corrected chi connectivity index (χ1v) is 8.73. The molecule has 6 heteroatoms. The topological polar surface area (TPSA) is 54.2 Å². The van der Waals surface area contributed by atoms with E-state index in [9.17, 15) is 0 Å². The van der Waals surface area contributed by atoms with Crippen LogP contribution in [0, 0.1) is 5.92 Å². The van der Waals surface area contributed by atoms with Gasteiger partial charge in [0, 0.05) is 30.5 Å². The molecule has 0 atom stereocenters. The van der Waals surface area contributed by atoms with Gasteiger partial charge in [-0.1, -0.05) is 37.6 Å². The molecule has 1 aromatic carbocycles. The van der Waals surface area contributed by atoms with Gasteiger partial charge in [0.05, 0.1) is 13.1 Å². The van der Waals surface area contributed by atoms with E-state index in [1.165, 1.54) is 0 Å². The van der Waals surface area contributed by atoms with Gasteiger partial charge in [-0.05, 0) is 30.5 Å². The van der Waals surface area contributed by atoms with Crippen molar-refractivity contribution in [3.8, 4) is 0 Å². The lowest BCUT2D eigenvalue weighted by atomic mass is 10.2. The first-order chi connectivity index (χ1) is 11.6. The number of aliphatic imine (C=N–C) groups is 1. The van der Waals surface area contributed by atoms with Gasteiger partial charge in [0.15, 0.2) is 5.96 Å². The van der Waals surface area contributed by atoms with Crippen LogP contribution in [0.1, 0.15) is 32.2 Å². The van der Waals surface area contributed by atoms with Crippen molar-refractivity contribution in [3.63, 3.8) is 0 Å². The van der Waals surface area contributed by atoms with Crippen molar-refractivity contribution in [2.24, 2.45) is 10.9 Å². The van der Waals surface area contributed by atoms with Crippen LogP contribution in [-0.2, 0) is 19.6 Å². The third-order valence-corrected chi connectivity index (χ3v) is 3.67. The lowest BCUT2D eigenvalue weighted by Crippen LogP contribution is -2.37. The van der Waals surface area contributed by atoms with Crippen molar-refractivity contribution in [2.45, 2.75) is 40.4 Å². The second-order valence-electron chi connectivity index (χ2n) is 6.07. The summed E-state index contributed by atoms with van der Waals surface area (Å²) in [5.74, 6) is 2.37. The predicted molar refractivity (Wildman–Crippen MR) is 100 cm³/mol. The maximum absolute atomic E-state index is 6.02. The van der Waals surface area contributed by atoms with Gasteiger partial charge in [-0.25, -0.2) is 9.98 Å². The molecule has 2 rings (SSSR count). The fraction of sp³-hybridized carbons (Fsp3) is 0.444. The van der Waals surface area contributed by atoms with Crippen molar-refractivity contribution < 1.29 is 0 Å². The van der Waals surface area contributed by atoms with Crippen LogP contribution in [0.2, 0.25) is 5.02 Å². The summed E-state index contributed by atoms with van der Waals surface area (Å²) in [5.41, 5.74) is 1.08. The molecule has 0 saturated heterocycles. The van der Waals surface area contributed by atoms with Gasteiger partial charge in [0.1, 0.15) is 5.82 Å². The van der Waals surface area contributed by atoms with Gasteiger partial charge in [0.25, 0.3) is 0 Å². The Hall–Kier alpha value is -2.01. The lowest BCUT2D eigenvalue weighted by Gasteiger charge is -2.13. The third-order valence-electron chi connectivity index (χ3n) is 3.43. The summed E-state index contributed by atoms with van der Waals surface area (Å²) in [6.07, 6.45) is 3.86. The van der Waals surface area contributed by atoms with Gasteiger partial charge >= 0.3 is 0 Å². The first kappa shape index (κ1) is 18.3. The SMILES string of the molecule is CCNC(=NCc1cccc(Cl)c1)NCc1nccn1CC(C)C. The summed E-state index contributed by atoms with van der Waals surface area (Å²) >= 11 is 6.02. The molecule has 0 unspecified atom stereocenters. The molecule has 1 aromatic heterocycles. The maximum atomic E-state index is 6.02. The molecule has 0 aliphatic heterocycles. The second kappa shape index (κ2) is 9.33. The molecule has 0 fully saturated rings. The summed E-state index contributed by atoms with van der Waals surface area (Å²) < 4.78 is 2.18. The molecule has 0 spiro atoms. The molecule has 0 aliphatic rings. The molecule has 0 radical (unpaired) electrons. The number of halogens is 1. The van der Waals surface area contributed by atoms with Gasteiger partial charge < -0.3 is 15.2 Å². The molecular formula is C18H26ClN5. The van der Waals surface area contributed by atoms with Crippen molar-refractivity contribution in [1.29, 1.82) is 0 Å². The lowest BCUT2D eigenvalue weighted by molar-refractivity contribution is 0.503. The largest absolute Gasteiger partial charge is 0.357 e. The van der Waals surface area contributed by atoms with Gasteiger partial charge in [-0.2, -0.15) is 0 Å². The van der Waals surface area contributed by atoms with Crippen LogP contribution < -0.4 is 10.6 Å². The Kier molecular flexibility index (Phi) is 7.12. The molecule has 0 bridgehead atoms. The minimum absolute atomic E-state index is 0.580. The average Bonchev–Trinajstić information content (AvgIpc) is 2.96. The quantitative estimate of drug-likeness (QED) is 0.596. The zero-order valence-corrected chi connectivity index (χ0v) is 15.3. The zero-order chi connectivity index (χ0) is 17.4. The third kappa shape index (κ3) is 5.89. The Balaban J connectivity index is 1.98. The van der Waals surface area contributed by atoms with E-state index in [1.807, 2.05) is 36.7 Å². The number of nitrogens with zero attached hydrogens (tertiary/aromatic N) is 3. The molecular weight excluding hydrogens is 322 g/mol. The van der Waals surface area contributed by atoms with Crippen molar-refractivity contribution in [1.82, 2.24) is 20.2 Å². The number of hydrogen-bond acceptors (Lipinski definition) is 2. The van der Waals surface area contributed by atoms with Gasteiger partial charge in [0.2, 0.25) is 0 Å². The second-order valence-corrected chi connectivity index (χ2v) is 6.50. The number of benzene rings is 1. The van der Waals surface area contributed by atoms with Gasteiger partial charge in [-0.15, -0.1) is 0 Å². The standard InChI is InChI=1S/C18H26ClN5/c1-4-20-18(22-11-15-6-5-7-16(19)10-15)23-12-17-21-8-9-24(17)13-14(2)3/h5-10,14H,4,11-13H2,1-3H3,(H2,20,22,23). The Morgan fingerprint density at radius 1 is 1.33 bits per heavy atom. The number of guanidine groups is 1. The minimum Gasteiger partial charge on any atom is -0.357 e. The van der Waals surface area contributed by atoms with Gasteiger partial charge in [-0.3, -0.25) is 0 Å². The van der Waals surface area contributed by atoms with E-state index in [2.05, 4.69) is 45.9 Å². The summed E-state index contributed by atoms with van der Waals surface area (Å²) in [4.78, 5) is 9.05. The van der Waals surface area contributed by atoms with Crippen molar-refractivity contribution in [2.75, 3.05) is 6.54 Å². The number of imidazole rings is 1. The minimum atomic E-state index is 0.580.